The molecule has 0 saturated heterocycles. The van der Waals surface area contributed by atoms with Gasteiger partial charge in [-0.2, -0.15) is 0 Å². The van der Waals surface area contributed by atoms with Crippen LogP contribution in [0.15, 0.2) is 60.8 Å². The van der Waals surface area contributed by atoms with E-state index in [4.69, 9.17) is 0 Å². The fourth-order valence-corrected chi connectivity index (χ4v) is 11.1. The first-order valence-corrected chi connectivity index (χ1v) is 35.5. The fraction of sp³-hybridized carbons (Fsp3) is 0.851. The van der Waals surface area contributed by atoms with E-state index in [9.17, 15) is 15.0 Å². The van der Waals surface area contributed by atoms with Crippen LogP contribution in [-0.2, 0) is 4.79 Å². The molecule has 2 atom stereocenters. The molecule has 0 aliphatic carbocycles. The summed E-state index contributed by atoms with van der Waals surface area (Å²) in [6, 6.07) is -0.647. The monoisotopic (exact) mass is 1090 g/mol. The standard InChI is InChI=1S/C74H139NO3/c1-3-5-7-9-11-13-15-17-19-21-23-25-27-29-31-33-34-35-36-37-38-39-40-42-44-46-48-50-52-54-56-58-60-62-64-66-68-70-74(78)75-72(71-76)73(77)69-67-65-63-61-59-57-55-53-51-49-47-45-43-41-32-30-28-26-24-22-20-18-16-14-12-10-8-6-4-2/h15,17,21,23,51,53,59,61,67,69,72-73,76-77H,3-14,16,18-20,22,24-50,52,54-58,60,62-66,68,70-71H2,1-2H3,(H,75,78)/b17-15-,23-21-,53-51+,61-59+,69-67+. The highest BCUT2D eigenvalue weighted by atomic mass is 16.3. The Morgan fingerprint density at radius 2 is 0.538 bits per heavy atom. The Labute approximate surface area is 489 Å². The number of hydrogen-bond donors (Lipinski definition) is 3. The van der Waals surface area contributed by atoms with Crippen molar-refractivity contribution in [2.75, 3.05) is 6.61 Å². The number of nitrogens with one attached hydrogen (secondary N) is 1. The van der Waals surface area contributed by atoms with E-state index in [-0.39, 0.29) is 12.5 Å². The number of aliphatic hydroxyl groups excluding tert-OH is 2. The molecule has 0 aliphatic rings. The van der Waals surface area contributed by atoms with E-state index in [0.29, 0.717) is 6.42 Å². The van der Waals surface area contributed by atoms with Crippen LogP contribution in [0, 0.1) is 0 Å². The van der Waals surface area contributed by atoms with E-state index < -0.39 is 12.1 Å². The summed E-state index contributed by atoms with van der Waals surface area (Å²) in [6.45, 7) is 4.32. The summed E-state index contributed by atoms with van der Waals surface area (Å²) in [7, 11) is 0. The molecular formula is C74H139NO3. The van der Waals surface area contributed by atoms with Gasteiger partial charge in [-0.15, -0.1) is 0 Å². The first-order valence-electron chi connectivity index (χ1n) is 35.5. The molecular weight excluding hydrogens is 951 g/mol. The van der Waals surface area contributed by atoms with E-state index in [1.807, 2.05) is 6.08 Å². The van der Waals surface area contributed by atoms with Gasteiger partial charge in [0.1, 0.15) is 0 Å². The normalized spacial score (nSPS) is 13.0. The molecule has 0 radical (unpaired) electrons. The lowest BCUT2D eigenvalue weighted by molar-refractivity contribution is -0.123. The average molecular weight is 1090 g/mol. The van der Waals surface area contributed by atoms with Gasteiger partial charge in [-0.1, -0.05) is 364 Å². The third-order valence-electron chi connectivity index (χ3n) is 16.5. The molecule has 4 heteroatoms. The summed E-state index contributed by atoms with van der Waals surface area (Å²) < 4.78 is 0. The maximum atomic E-state index is 12.5. The minimum atomic E-state index is -0.872. The van der Waals surface area contributed by atoms with Crippen LogP contribution in [0.1, 0.15) is 386 Å². The predicted octanol–water partition coefficient (Wildman–Crippen LogP) is 24.3. The van der Waals surface area contributed by atoms with Crippen molar-refractivity contribution in [2.45, 2.75) is 398 Å². The number of aliphatic hydroxyl groups is 2. The Bertz CT molecular complexity index is 1280. The fourth-order valence-electron chi connectivity index (χ4n) is 11.1. The quantitative estimate of drug-likeness (QED) is 0.0420. The van der Waals surface area contributed by atoms with Gasteiger partial charge in [0.2, 0.25) is 5.91 Å². The summed E-state index contributed by atoms with van der Waals surface area (Å²) in [5.74, 6) is -0.0712. The molecule has 0 spiro atoms. The highest BCUT2D eigenvalue weighted by Crippen LogP contribution is 2.19. The number of rotatable bonds is 66. The first-order chi connectivity index (χ1) is 38.7. The molecule has 0 rings (SSSR count). The Balaban J connectivity index is 3.46. The first kappa shape index (κ1) is 76.1. The van der Waals surface area contributed by atoms with Crippen LogP contribution in [-0.4, -0.2) is 34.9 Å². The number of unbranched alkanes of at least 4 members (excludes halogenated alkanes) is 51. The van der Waals surface area contributed by atoms with Crippen molar-refractivity contribution < 1.29 is 15.0 Å². The molecule has 0 aromatic carbocycles. The predicted molar refractivity (Wildman–Crippen MR) is 350 cm³/mol. The largest absolute Gasteiger partial charge is 0.394 e. The lowest BCUT2D eigenvalue weighted by atomic mass is 10.0. The Morgan fingerprint density at radius 3 is 0.821 bits per heavy atom. The molecule has 0 aliphatic heterocycles. The number of carbonyl (C=O) groups excluding carboxylic acids is 1. The second-order valence-corrected chi connectivity index (χ2v) is 24.3. The van der Waals surface area contributed by atoms with Gasteiger partial charge in [-0.25, -0.2) is 0 Å². The smallest absolute Gasteiger partial charge is 0.220 e. The number of carbonyl (C=O) groups is 1. The summed E-state index contributed by atoms with van der Waals surface area (Å²) >= 11 is 0. The molecule has 0 fully saturated rings. The zero-order valence-corrected chi connectivity index (χ0v) is 53.0. The van der Waals surface area contributed by atoms with Gasteiger partial charge in [0.25, 0.3) is 0 Å². The summed E-state index contributed by atoms with van der Waals surface area (Å²) in [5, 5.41) is 23.3. The van der Waals surface area contributed by atoms with Crippen molar-refractivity contribution in [3.8, 4) is 0 Å². The van der Waals surface area contributed by atoms with Crippen LogP contribution < -0.4 is 5.32 Å². The molecule has 458 valence electrons. The Morgan fingerprint density at radius 1 is 0.308 bits per heavy atom. The molecule has 0 heterocycles. The van der Waals surface area contributed by atoms with Crippen molar-refractivity contribution in [2.24, 2.45) is 0 Å². The minimum absolute atomic E-state index is 0.0712. The molecule has 78 heavy (non-hydrogen) atoms. The van der Waals surface area contributed by atoms with Gasteiger partial charge in [0.15, 0.2) is 0 Å². The number of allylic oxidation sites excluding steroid dienone is 9. The van der Waals surface area contributed by atoms with Crippen molar-refractivity contribution in [3.05, 3.63) is 60.8 Å². The topological polar surface area (TPSA) is 69.6 Å². The van der Waals surface area contributed by atoms with Crippen molar-refractivity contribution in [1.29, 1.82) is 0 Å². The molecule has 1 amide bonds. The summed E-state index contributed by atoms with van der Waals surface area (Å²) in [5.41, 5.74) is 0. The molecule has 2 unspecified atom stereocenters. The number of hydrogen-bond acceptors (Lipinski definition) is 3. The van der Waals surface area contributed by atoms with Crippen molar-refractivity contribution in [1.82, 2.24) is 5.32 Å². The van der Waals surface area contributed by atoms with E-state index in [0.717, 1.165) is 44.9 Å². The lowest BCUT2D eigenvalue weighted by Crippen LogP contribution is -2.45. The molecule has 0 aromatic heterocycles. The van der Waals surface area contributed by atoms with E-state index >= 15 is 0 Å². The van der Waals surface area contributed by atoms with Gasteiger partial charge in [-0.05, 0) is 77.0 Å². The Hall–Kier alpha value is -1.91. The van der Waals surface area contributed by atoms with Gasteiger partial charge in [0, 0.05) is 6.42 Å². The maximum Gasteiger partial charge on any atom is 0.220 e. The van der Waals surface area contributed by atoms with Crippen LogP contribution in [0.5, 0.6) is 0 Å². The maximum absolute atomic E-state index is 12.5. The van der Waals surface area contributed by atoms with Gasteiger partial charge >= 0.3 is 0 Å². The van der Waals surface area contributed by atoms with Crippen molar-refractivity contribution >= 4 is 5.91 Å². The summed E-state index contributed by atoms with van der Waals surface area (Å²) in [6.07, 6.45) is 98.9. The molecule has 4 nitrogen and oxygen atoms in total. The highest BCUT2D eigenvalue weighted by molar-refractivity contribution is 5.76. The van der Waals surface area contributed by atoms with Crippen LogP contribution in [0.3, 0.4) is 0 Å². The van der Waals surface area contributed by atoms with Crippen LogP contribution in [0.2, 0.25) is 0 Å². The minimum Gasteiger partial charge on any atom is -0.394 e. The third-order valence-corrected chi connectivity index (χ3v) is 16.5. The van der Waals surface area contributed by atoms with Gasteiger partial charge < -0.3 is 15.5 Å². The molecule has 0 aromatic rings. The SMILES string of the molecule is CCCCCCC/C=C\C/C=C\CCCCCCCCCCCCCCCCCCCCCCCCCCCC(=O)NC(CO)C(O)/C=C/CC/C=C/CC/C=C/CCCCCCCCCCCCCCCCCCCCC. The van der Waals surface area contributed by atoms with Crippen LogP contribution in [0.4, 0.5) is 0 Å². The molecule has 3 N–H and O–H groups in total. The molecule has 0 saturated carbocycles. The van der Waals surface area contributed by atoms with E-state index in [1.165, 1.54) is 321 Å². The zero-order chi connectivity index (χ0) is 56.2. The second kappa shape index (κ2) is 69.4. The highest BCUT2D eigenvalue weighted by Gasteiger charge is 2.18. The molecule has 0 bridgehead atoms. The third kappa shape index (κ3) is 64.9. The zero-order valence-electron chi connectivity index (χ0n) is 53.0. The summed E-state index contributed by atoms with van der Waals surface area (Å²) in [4.78, 5) is 12.5. The Kier molecular flexibility index (Phi) is 67.7. The van der Waals surface area contributed by atoms with E-state index in [1.54, 1.807) is 6.08 Å². The van der Waals surface area contributed by atoms with Gasteiger partial charge in [0.05, 0.1) is 18.8 Å². The average Bonchev–Trinajstić information content (AvgIpc) is 3.44. The second-order valence-electron chi connectivity index (χ2n) is 24.3. The van der Waals surface area contributed by atoms with E-state index in [2.05, 4.69) is 67.8 Å². The van der Waals surface area contributed by atoms with Crippen LogP contribution in [0.25, 0.3) is 0 Å². The number of amides is 1. The van der Waals surface area contributed by atoms with Gasteiger partial charge in [-0.3, -0.25) is 4.79 Å². The van der Waals surface area contributed by atoms with Crippen LogP contribution >= 0.6 is 0 Å². The van der Waals surface area contributed by atoms with Crippen molar-refractivity contribution in [3.63, 3.8) is 0 Å². The lowest BCUT2D eigenvalue weighted by Gasteiger charge is -2.19.